The standard InChI is InChI=1S/C18H21N3O/c1-4-9-20-18(22)14-10-15(12-19-11-14)21-17-8-6-5-7-16(17)13(2)3/h4-8,10-13,21H,1,9H2,2-3H3,(H,20,22). The summed E-state index contributed by atoms with van der Waals surface area (Å²) in [6.07, 6.45) is 4.91. The van der Waals surface area contributed by atoms with Gasteiger partial charge in [-0.25, -0.2) is 0 Å². The third-order valence-electron chi connectivity index (χ3n) is 3.27. The number of amides is 1. The SMILES string of the molecule is C=CCNC(=O)c1cncc(Nc2ccccc2C(C)C)c1. The number of benzene rings is 1. The maximum Gasteiger partial charge on any atom is 0.253 e. The molecule has 0 unspecified atom stereocenters. The van der Waals surface area contributed by atoms with E-state index in [1.165, 1.54) is 5.56 Å². The molecule has 1 heterocycles. The van der Waals surface area contributed by atoms with Gasteiger partial charge in [-0.15, -0.1) is 6.58 Å². The van der Waals surface area contributed by atoms with Crippen molar-refractivity contribution in [1.29, 1.82) is 0 Å². The highest BCUT2D eigenvalue weighted by molar-refractivity contribution is 5.95. The van der Waals surface area contributed by atoms with E-state index in [2.05, 4.69) is 42.1 Å². The molecule has 0 radical (unpaired) electrons. The first kappa shape index (κ1) is 15.8. The van der Waals surface area contributed by atoms with E-state index in [1.54, 1.807) is 24.5 Å². The summed E-state index contributed by atoms with van der Waals surface area (Å²) >= 11 is 0. The molecule has 0 aliphatic heterocycles. The van der Waals surface area contributed by atoms with Crippen LogP contribution in [0, 0.1) is 0 Å². The Labute approximate surface area is 131 Å². The van der Waals surface area contributed by atoms with Crippen molar-refractivity contribution in [1.82, 2.24) is 10.3 Å². The first-order valence-corrected chi connectivity index (χ1v) is 7.32. The second kappa shape index (κ2) is 7.41. The summed E-state index contributed by atoms with van der Waals surface area (Å²) < 4.78 is 0. The molecule has 4 nitrogen and oxygen atoms in total. The fourth-order valence-corrected chi connectivity index (χ4v) is 2.17. The van der Waals surface area contributed by atoms with Gasteiger partial charge >= 0.3 is 0 Å². The minimum atomic E-state index is -0.159. The van der Waals surface area contributed by atoms with Gasteiger partial charge in [-0.1, -0.05) is 38.1 Å². The predicted octanol–water partition coefficient (Wildman–Crippen LogP) is 3.86. The Morgan fingerprint density at radius 3 is 2.82 bits per heavy atom. The summed E-state index contributed by atoms with van der Waals surface area (Å²) in [4.78, 5) is 16.1. The van der Waals surface area contributed by atoms with E-state index in [-0.39, 0.29) is 5.91 Å². The minimum Gasteiger partial charge on any atom is -0.354 e. The molecule has 0 aliphatic rings. The van der Waals surface area contributed by atoms with Gasteiger partial charge in [0.05, 0.1) is 17.4 Å². The van der Waals surface area contributed by atoms with E-state index in [0.717, 1.165) is 11.4 Å². The molecule has 2 N–H and O–H groups in total. The molecule has 2 rings (SSSR count). The molecule has 4 heteroatoms. The van der Waals surface area contributed by atoms with Crippen molar-refractivity contribution in [3.8, 4) is 0 Å². The zero-order valence-electron chi connectivity index (χ0n) is 13.0. The quantitative estimate of drug-likeness (QED) is 0.796. The molecule has 0 saturated heterocycles. The number of nitrogens with zero attached hydrogens (tertiary/aromatic N) is 1. The van der Waals surface area contributed by atoms with Gasteiger partial charge in [0.25, 0.3) is 5.91 Å². The fraction of sp³-hybridized carbons (Fsp3) is 0.222. The second-order valence-electron chi connectivity index (χ2n) is 5.33. The van der Waals surface area contributed by atoms with Crippen LogP contribution in [0.3, 0.4) is 0 Å². The van der Waals surface area contributed by atoms with Gasteiger partial charge in [0.2, 0.25) is 0 Å². The van der Waals surface area contributed by atoms with Crippen LogP contribution in [-0.2, 0) is 0 Å². The fourth-order valence-electron chi connectivity index (χ4n) is 2.17. The highest BCUT2D eigenvalue weighted by Crippen LogP contribution is 2.26. The number of aromatic nitrogens is 1. The molecule has 0 aliphatic carbocycles. The van der Waals surface area contributed by atoms with Crippen LogP contribution >= 0.6 is 0 Å². The summed E-state index contributed by atoms with van der Waals surface area (Å²) in [5.41, 5.74) is 3.57. The van der Waals surface area contributed by atoms with Gasteiger partial charge in [-0.05, 0) is 23.6 Å². The smallest absolute Gasteiger partial charge is 0.253 e. The third-order valence-corrected chi connectivity index (χ3v) is 3.27. The zero-order valence-corrected chi connectivity index (χ0v) is 13.0. The molecule has 0 bridgehead atoms. The molecule has 114 valence electrons. The second-order valence-corrected chi connectivity index (χ2v) is 5.33. The van der Waals surface area contributed by atoms with Gasteiger partial charge in [0, 0.05) is 18.4 Å². The van der Waals surface area contributed by atoms with Crippen LogP contribution in [0.2, 0.25) is 0 Å². The number of anilines is 2. The Morgan fingerprint density at radius 1 is 1.32 bits per heavy atom. The van der Waals surface area contributed by atoms with Gasteiger partial charge in [-0.3, -0.25) is 9.78 Å². The van der Waals surface area contributed by atoms with Crippen molar-refractivity contribution in [2.75, 3.05) is 11.9 Å². The number of nitrogens with one attached hydrogen (secondary N) is 2. The minimum absolute atomic E-state index is 0.159. The lowest BCUT2D eigenvalue weighted by Crippen LogP contribution is -2.23. The van der Waals surface area contributed by atoms with Crippen molar-refractivity contribution in [2.24, 2.45) is 0 Å². The first-order valence-electron chi connectivity index (χ1n) is 7.32. The maximum atomic E-state index is 12.0. The average Bonchev–Trinajstić information content (AvgIpc) is 2.53. The number of hydrogen-bond acceptors (Lipinski definition) is 3. The van der Waals surface area contributed by atoms with Gasteiger partial charge in [0.15, 0.2) is 0 Å². The largest absolute Gasteiger partial charge is 0.354 e. The van der Waals surface area contributed by atoms with Crippen molar-refractivity contribution < 1.29 is 4.79 Å². The Hall–Kier alpha value is -2.62. The van der Waals surface area contributed by atoms with Crippen molar-refractivity contribution in [3.05, 3.63) is 66.5 Å². The van der Waals surface area contributed by atoms with E-state index in [4.69, 9.17) is 0 Å². The molecular formula is C18H21N3O. The number of pyridine rings is 1. The molecular weight excluding hydrogens is 274 g/mol. The number of carbonyl (C=O) groups is 1. The summed E-state index contributed by atoms with van der Waals surface area (Å²) in [5.74, 6) is 0.254. The normalized spacial score (nSPS) is 10.3. The molecule has 1 aromatic carbocycles. The maximum absolute atomic E-state index is 12.0. The topological polar surface area (TPSA) is 54.0 Å². The molecule has 1 aromatic heterocycles. The van der Waals surface area contributed by atoms with Crippen LogP contribution < -0.4 is 10.6 Å². The summed E-state index contributed by atoms with van der Waals surface area (Å²) in [6.45, 7) is 8.32. The van der Waals surface area contributed by atoms with E-state index in [1.807, 2.05) is 18.2 Å². The lowest BCUT2D eigenvalue weighted by molar-refractivity contribution is 0.0957. The van der Waals surface area contributed by atoms with Gasteiger partial charge in [-0.2, -0.15) is 0 Å². The lowest BCUT2D eigenvalue weighted by atomic mass is 10.0. The Bertz CT molecular complexity index is 665. The lowest BCUT2D eigenvalue weighted by Gasteiger charge is -2.14. The van der Waals surface area contributed by atoms with Crippen molar-refractivity contribution >= 4 is 17.3 Å². The van der Waals surface area contributed by atoms with Crippen molar-refractivity contribution in [2.45, 2.75) is 19.8 Å². The zero-order chi connectivity index (χ0) is 15.9. The average molecular weight is 295 g/mol. The number of hydrogen-bond donors (Lipinski definition) is 2. The van der Waals surface area contributed by atoms with Gasteiger partial charge < -0.3 is 10.6 Å². The highest BCUT2D eigenvalue weighted by atomic mass is 16.1. The molecule has 0 saturated carbocycles. The summed E-state index contributed by atoms with van der Waals surface area (Å²) in [5, 5.41) is 6.09. The monoisotopic (exact) mass is 295 g/mol. The number of rotatable bonds is 6. The van der Waals surface area contributed by atoms with Crippen LogP contribution in [0.25, 0.3) is 0 Å². The van der Waals surface area contributed by atoms with Crippen LogP contribution in [0.1, 0.15) is 35.7 Å². The third kappa shape index (κ3) is 3.95. The van der Waals surface area contributed by atoms with Crippen LogP contribution in [-0.4, -0.2) is 17.4 Å². The number of carbonyl (C=O) groups excluding carboxylic acids is 1. The van der Waals surface area contributed by atoms with Crippen LogP contribution in [0.5, 0.6) is 0 Å². The van der Waals surface area contributed by atoms with E-state index < -0.39 is 0 Å². The van der Waals surface area contributed by atoms with E-state index in [9.17, 15) is 4.79 Å². The first-order chi connectivity index (χ1) is 10.6. The van der Waals surface area contributed by atoms with E-state index >= 15 is 0 Å². The van der Waals surface area contributed by atoms with Crippen LogP contribution in [0.15, 0.2) is 55.4 Å². The number of para-hydroxylation sites is 1. The molecule has 2 aromatic rings. The Kier molecular flexibility index (Phi) is 5.31. The van der Waals surface area contributed by atoms with E-state index in [0.29, 0.717) is 18.0 Å². The molecule has 1 amide bonds. The van der Waals surface area contributed by atoms with Gasteiger partial charge in [0.1, 0.15) is 0 Å². The highest BCUT2D eigenvalue weighted by Gasteiger charge is 2.09. The molecule has 0 fully saturated rings. The molecule has 0 spiro atoms. The summed E-state index contributed by atoms with van der Waals surface area (Å²) in [6, 6.07) is 9.93. The Morgan fingerprint density at radius 2 is 2.09 bits per heavy atom. The molecule has 0 atom stereocenters. The van der Waals surface area contributed by atoms with Crippen molar-refractivity contribution in [3.63, 3.8) is 0 Å². The Balaban J connectivity index is 2.21. The van der Waals surface area contributed by atoms with Crippen LogP contribution in [0.4, 0.5) is 11.4 Å². The molecule has 22 heavy (non-hydrogen) atoms. The predicted molar refractivity (Wildman–Crippen MR) is 90.6 cm³/mol. The summed E-state index contributed by atoms with van der Waals surface area (Å²) in [7, 11) is 0.